The third-order valence-electron chi connectivity index (χ3n) is 4.59. The molecule has 28 heavy (non-hydrogen) atoms. The number of carbonyl (C=O) groups is 1. The van der Waals surface area contributed by atoms with Gasteiger partial charge in [-0.1, -0.05) is 12.1 Å². The summed E-state index contributed by atoms with van der Waals surface area (Å²) in [5.74, 6) is -0.603. The molecule has 1 aliphatic rings. The standard InChI is InChI=1S/C19H22FN3O4S/c1-13(2)28(25,26)17-5-3-14(4-6-17)9-18(24)23-8-7-16(12-23)27-19-21-10-15(20)11-22-19/h3-6,10-11,13,16H,7-9,12H2,1-2H3/t16-/m1/s1. The summed E-state index contributed by atoms with van der Waals surface area (Å²) in [5, 5.41) is -0.494. The molecule has 0 bridgehead atoms. The fourth-order valence-electron chi connectivity index (χ4n) is 2.92. The Kier molecular flexibility index (Phi) is 5.93. The molecule has 150 valence electrons. The molecule has 1 atom stereocenters. The van der Waals surface area contributed by atoms with Crippen LogP contribution in [0, 0.1) is 5.82 Å². The van der Waals surface area contributed by atoms with E-state index in [1.54, 1.807) is 43.0 Å². The van der Waals surface area contributed by atoms with Crippen molar-refractivity contribution >= 4 is 15.7 Å². The zero-order valence-corrected chi connectivity index (χ0v) is 16.5. The fourth-order valence-corrected chi connectivity index (χ4v) is 3.98. The highest BCUT2D eigenvalue weighted by molar-refractivity contribution is 7.92. The summed E-state index contributed by atoms with van der Waals surface area (Å²) in [7, 11) is -3.32. The van der Waals surface area contributed by atoms with Crippen LogP contribution in [0.2, 0.25) is 0 Å². The molecule has 9 heteroatoms. The Balaban J connectivity index is 1.56. The van der Waals surface area contributed by atoms with Crippen LogP contribution in [0.5, 0.6) is 6.01 Å². The number of carbonyl (C=O) groups excluding carboxylic acids is 1. The van der Waals surface area contributed by atoms with Gasteiger partial charge in [0.2, 0.25) is 5.91 Å². The monoisotopic (exact) mass is 407 g/mol. The molecule has 0 aliphatic carbocycles. The van der Waals surface area contributed by atoms with Crippen molar-refractivity contribution in [2.24, 2.45) is 0 Å². The first-order chi connectivity index (χ1) is 13.3. The molecule has 1 fully saturated rings. The van der Waals surface area contributed by atoms with Gasteiger partial charge in [0.15, 0.2) is 15.7 Å². The zero-order valence-electron chi connectivity index (χ0n) is 15.7. The lowest BCUT2D eigenvalue weighted by Gasteiger charge is -2.17. The van der Waals surface area contributed by atoms with Crippen LogP contribution in [0.1, 0.15) is 25.8 Å². The van der Waals surface area contributed by atoms with Crippen molar-refractivity contribution in [3.63, 3.8) is 0 Å². The summed E-state index contributed by atoms with van der Waals surface area (Å²) in [6.07, 6.45) is 2.64. The molecule has 0 unspecified atom stereocenters. The quantitative estimate of drug-likeness (QED) is 0.728. The minimum absolute atomic E-state index is 0.0643. The van der Waals surface area contributed by atoms with E-state index >= 15 is 0 Å². The molecule has 1 aromatic heterocycles. The number of hydrogen-bond acceptors (Lipinski definition) is 6. The molecule has 3 rings (SSSR count). The Morgan fingerprint density at radius 3 is 2.50 bits per heavy atom. The lowest BCUT2D eigenvalue weighted by atomic mass is 10.1. The van der Waals surface area contributed by atoms with Gasteiger partial charge in [0.1, 0.15) is 6.10 Å². The highest BCUT2D eigenvalue weighted by Crippen LogP contribution is 2.19. The smallest absolute Gasteiger partial charge is 0.316 e. The number of likely N-dealkylation sites (tertiary alicyclic amines) is 1. The number of ether oxygens (including phenoxy) is 1. The minimum atomic E-state index is -3.32. The molecule has 2 aromatic rings. The first-order valence-electron chi connectivity index (χ1n) is 9.00. The SMILES string of the molecule is CC(C)S(=O)(=O)c1ccc(CC(=O)N2CC[C@@H](Oc3ncc(F)cn3)C2)cc1. The molecule has 1 aliphatic heterocycles. The third-order valence-corrected chi connectivity index (χ3v) is 6.76. The van der Waals surface area contributed by atoms with Crippen molar-refractivity contribution < 1.29 is 22.3 Å². The largest absolute Gasteiger partial charge is 0.458 e. The van der Waals surface area contributed by atoms with Crippen LogP contribution in [0.3, 0.4) is 0 Å². The average Bonchev–Trinajstić information content (AvgIpc) is 3.12. The van der Waals surface area contributed by atoms with E-state index in [0.717, 1.165) is 18.0 Å². The zero-order chi connectivity index (χ0) is 20.3. The summed E-state index contributed by atoms with van der Waals surface area (Å²) in [5.41, 5.74) is 0.749. The van der Waals surface area contributed by atoms with Crippen molar-refractivity contribution in [1.29, 1.82) is 0 Å². The van der Waals surface area contributed by atoms with Crippen molar-refractivity contribution in [3.05, 3.63) is 48.0 Å². The van der Waals surface area contributed by atoms with Gasteiger partial charge in [-0.3, -0.25) is 4.79 Å². The molecule has 0 spiro atoms. The van der Waals surface area contributed by atoms with E-state index in [4.69, 9.17) is 4.74 Å². The van der Waals surface area contributed by atoms with Crippen LogP contribution >= 0.6 is 0 Å². The Labute approximate surface area is 163 Å². The Morgan fingerprint density at radius 1 is 1.25 bits per heavy atom. The van der Waals surface area contributed by atoms with Gasteiger partial charge in [-0.15, -0.1) is 0 Å². The van der Waals surface area contributed by atoms with E-state index in [2.05, 4.69) is 9.97 Å². The van der Waals surface area contributed by atoms with Gasteiger partial charge in [-0.05, 0) is 31.5 Å². The second kappa shape index (κ2) is 8.22. The molecule has 1 amide bonds. The molecular weight excluding hydrogens is 385 g/mol. The van der Waals surface area contributed by atoms with E-state index < -0.39 is 20.9 Å². The number of nitrogens with zero attached hydrogens (tertiary/aromatic N) is 3. The van der Waals surface area contributed by atoms with E-state index in [-0.39, 0.29) is 29.3 Å². The first-order valence-corrected chi connectivity index (χ1v) is 10.5. The third kappa shape index (κ3) is 4.64. The summed E-state index contributed by atoms with van der Waals surface area (Å²) >= 11 is 0. The van der Waals surface area contributed by atoms with Crippen molar-refractivity contribution in [3.8, 4) is 6.01 Å². The number of rotatable bonds is 6. The second-order valence-electron chi connectivity index (χ2n) is 6.97. The van der Waals surface area contributed by atoms with Gasteiger partial charge in [0.05, 0.1) is 35.5 Å². The fraction of sp³-hybridized carbons (Fsp3) is 0.421. The molecule has 1 saturated heterocycles. The normalized spacial score (nSPS) is 17.1. The molecule has 1 aromatic carbocycles. The number of amides is 1. The van der Waals surface area contributed by atoms with Gasteiger partial charge in [-0.2, -0.15) is 0 Å². The predicted molar refractivity (Wildman–Crippen MR) is 100 cm³/mol. The molecule has 7 nitrogen and oxygen atoms in total. The highest BCUT2D eigenvalue weighted by Gasteiger charge is 2.28. The lowest BCUT2D eigenvalue weighted by molar-refractivity contribution is -0.129. The maximum atomic E-state index is 12.8. The van der Waals surface area contributed by atoms with Gasteiger partial charge in [-0.25, -0.2) is 22.8 Å². The van der Waals surface area contributed by atoms with Crippen LogP contribution in [-0.4, -0.2) is 53.6 Å². The highest BCUT2D eigenvalue weighted by atomic mass is 32.2. The van der Waals surface area contributed by atoms with Gasteiger partial charge >= 0.3 is 6.01 Å². The van der Waals surface area contributed by atoms with E-state index in [9.17, 15) is 17.6 Å². The predicted octanol–water partition coefficient (Wildman–Crippen LogP) is 2.02. The molecule has 0 radical (unpaired) electrons. The molecule has 0 saturated carbocycles. The average molecular weight is 407 g/mol. The van der Waals surface area contributed by atoms with Crippen LogP contribution in [0.4, 0.5) is 4.39 Å². The number of benzene rings is 1. The topological polar surface area (TPSA) is 89.5 Å². The summed E-state index contributed by atoms with van der Waals surface area (Å²) in [6, 6.07) is 6.51. The maximum Gasteiger partial charge on any atom is 0.316 e. The maximum absolute atomic E-state index is 12.8. The van der Waals surface area contributed by atoms with Gasteiger partial charge in [0.25, 0.3) is 0 Å². The molecular formula is C19H22FN3O4S. The summed E-state index contributed by atoms with van der Waals surface area (Å²) < 4.78 is 42.7. The Bertz CT molecular complexity index is 931. The Hall–Kier alpha value is -2.55. The number of hydrogen-bond donors (Lipinski definition) is 0. The van der Waals surface area contributed by atoms with Gasteiger partial charge < -0.3 is 9.64 Å². The van der Waals surface area contributed by atoms with Crippen LogP contribution in [0.15, 0.2) is 41.6 Å². The number of halogens is 1. The van der Waals surface area contributed by atoms with Crippen molar-refractivity contribution in [2.45, 2.75) is 42.9 Å². The van der Waals surface area contributed by atoms with E-state index in [1.165, 1.54) is 0 Å². The Morgan fingerprint density at radius 2 is 1.89 bits per heavy atom. The van der Waals surface area contributed by atoms with Crippen LogP contribution < -0.4 is 4.74 Å². The molecule has 0 N–H and O–H groups in total. The van der Waals surface area contributed by atoms with Crippen molar-refractivity contribution in [2.75, 3.05) is 13.1 Å². The number of sulfone groups is 1. The van der Waals surface area contributed by atoms with E-state index in [0.29, 0.717) is 19.5 Å². The van der Waals surface area contributed by atoms with Crippen molar-refractivity contribution in [1.82, 2.24) is 14.9 Å². The van der Waals surface area contributed by atoms with E-state index in [1.807, 2.05) is 0 Å². The van der Waals surface area contributed by atoms with Gasteiger partial charge in [0, 0.05) is 13.0 Å². The van der Waals surface area contributed by atoms with Crippen LogP contribution in [0.25, 0.3) is 0 Å². The first kappa shape index (κ1) is 20.2. The number of aromatic nitrogens is 2. The lowest BCUT2D eigenvalue weighted by Crippen LogP contribution is -2.32. The minimum Gasteiger partial charge on any atom is -0.458 e. The summed E-state index contributed by atoms with van der Waals surface area (Å²) in [6.45, 7) is 4.22. The van der Waals surface area contributed by atoms with Crippen LogP contribution in [-0.2, 0) is 21.1 Å². The second-order valence-corrected chi connectivity index (χ2v) is 9.47. The summed E-state index contributed by atoms with van der Waals surface area (Å²) in [4.78, 5) is 22.0. The molecule has 2 heterocycles.